The second kappa shape index (κ2) is 12.6. The number of hydrogen-bond donors (Lipinski definition) is 2. The van der Waals surface area contributed by atoms with Crippen molar-refractivity contribution in [1.29, 1.82) is 0 Å². The lowest BCUT2D eigenvalue weighted by Gasteiger charge is -2.30. The molecule has 0 aliphatic rings. The van der Waals surface area contributed by atoms with E-state index in [-0.39, 0.29) is 12.2 Å². The van der Waals surface area contributed by atoms with E-state index < -0.39 is 24.4 Å². The predicted molar refractivity (Wildman–Crippen MR) is 126 cm³/mol. The quantitative estimate of drug-likeness (QED) is 0.451. The Morgan fingerprint density at radius 2 is 0.938 bits per heavy atom. The molecule has 6 nitrogen and oxygen atoms in total. The van der Waals surface area contributed by atoms with Gasteiger partial charge in [-0.2, -0.15) is 0 Å². The average Bonchev–Trinajstić information content (AvgIpc) is 2.78. The molecule has 6 atom stereocenters. The molecule has 2 rings (SSSR count). The topological polar surface area (TPSA) is 77.4 Å². The standard InChI is InChI=1S/C26H38O6/c1-7-17(3)29-21-9-13-23(14-10-21)31-20(6)25(28)26(19(5)27)32-24-15-11-22(12-16-24)30-18(4)8-2/h9-20,25-28H,7-8H2,1-6H3. The Bertz CT molecular complexity index is 774. The lowest BCUT2D eigenvalue weighted by molar-refractivity contribution is -0.0762. The summed E-state index contributed by atoms with van der Waals surface area (Å²) in [6, 6.07) is 14.4. The zero-order chi connectivity index (χ0) is 23.7. The smallest absolute Gasteiger partial charge is 0.154 e. The number of hydrogen-bond acceptors (Lipinski definition) is 6. The summed E-state index contributed by atoms with van der Waals surface area (Å²) in [6.07, 6.45) is -1.32. The third-order valence-electron chi connectivity index (χ3n) is 5.36. The number of ether oxygens (including phenoxy) is 4. The monoisotopic (exact) mass is 446 g/mol. The van der Waals surface area contributed by atoms with Crippen molar-refractivity contribution >= 4 is 0 Å². The Labute approximate surface area is 192 Å². The van der Waals surface area contributed by atoms with Crippen molar-refractivity contribution in [1.82, 2.24) is 0 Å². The molecule has 0 aliphatic heterocycles. The Kier molecular flexibility index (Phi) is 10.1. The van der Waals surface area contributed by atoms with Gasteiger partial charge in [0.05, 0.1) is 18.3 Å². The fourth-order valence-electron chi connectivity index (χ4n) is 2.99. The summed E-state index contributed by atoms with van der Waals surface area (Å²) in [5, 5.41) is 21.0. The van der Waals surface area contributed by atoms with Gasteiger partial charge >= 0.3 is 0 Å². The van der Waals surface area contributed by atoms with Gasteiger partial charge in [-0.1, -0.05) is 13.8 Å². The van der Waals surface area contributed by atoms with E-state index >= 15 is 0 Å². The van der Waals surface area contributed by atoms with Crippen LogP contribution in [0.25, 0.3) is 0 Å². The van der Waals surface area contributed by atoms with E-state index in [2.05, 4.69) is 13.8 Å². The average molecular weight is 447 g/mol. The number of rotatable bonds is 13. The van der Waals surface area contributed by atoms with Crippen LogP contribution in [-0.2, 0) is 0 Å². The highest BCUT2D eigenvalue weighted by Gasteiger charge is 2.32. The number of aliphatic hydroxyl groups is 2. The van der Waals surface area contributed by atoms with E-state index in [1.807, 2.05) is 38.1 Å². The molecule has 32 heavy (non-hydrogen) atoms. The van der Waals surface area contributed by atoms with Crippen LogP contribution in [0.4, 0.5) is 0 Å². The lowest BCUT2D eigenvalue weighted by atomic mass is 10.0. The summed E-state index contributed by atoms with van der Waals surface area (Å²) < 4.78 is 23.3. The largest absolute Gasteiger partial charge is 0.491 e. The fourth-order valence-corrected chi connectivity index (χ4v) is 2.99. The zero-order valence-corrected chi connectivity index (χ0v) is 20.0. The summed E-state index contributed by atoms with van der Waals surface area (Å²) >= 11 is 0. The molecule has 2 aromatic carbocycles. The molecule has 0 spiro atoms. The zero-order valence-electron chi connectivity index (χ0n) is 20.0. The van der Waals surface area contributed by atoms with E-state index in [9.17, 15) is 10.2 Å². The van der Waals surface area contributed by atoms with Crippen LogP contribution < -0.4 is 18.9 Å². The van der Waals surface area contributed by atoms with Gasteiger partial charge < -0.3 is 29.2 Å². The third-order valence-corrected chi connectivity index (χ3v) is 5.36. The van der Waals surface area contributed by atoms with Gasteiger partial charge in [0.2, 0.25) is 0 Å². The third kappa shape index (κ3) is 7.92. The van der Waals surface area contributed by atoms with Crippen molar-refractivity contribution < 1.29 is 29.2 Å². The van der Waals surface area contributed by atoms with Gasteiger partial charge in [-0.15, -0.1) is 0 Å². The molecule has 2 aromatic rings. The summed E-state index contributed by atoms with van der Waals surface area (Å²) in [5.74, 6) is 2.65. The normalized spacial score (nSPS) is 16.9. The summed E-state index contributed by atoms with van der Waals surface area (Å²) in [6.45, 7) is 11.5. The van der Waals surface area contributed by atoms with Crippen LogP contribution in [0, 0.1) is 0 Å². The molecule has 0 heterocycles. The van der Waals surface area contributed by atoms with Crippen molar-refractivity contribution in [2.75, 3.05) is 0 Å². The molecule has 6 unspecified atom stereocenters. The maximum Gasteiger partial charge on any atom is 0.154 e. The number of benzene rings is 2. The first-order chi connectivity index (χ1) is 15.2. The van der Waals surface area contributed by atoms with Crippen LogP contribution >= 0.6 is 0 Å². The summed E-state index contributed by atoms with van der Waals surface area (Å²) in [5.41, 5.74) is 0. The maximum atomic E-state index is 10.8. The minimum Gasteiger partial charge on any atom is -0.491 e. The molecule has 0 aliphatic carbocycles. The molecule has 0 radical (unpaired) electrons. The minimum atomic E-state index is -1.05. The van der Waals surface area contributed by atoms with Gasteiger partial charge in [-0.05, 0) is 89.1 Å². The van der Waals surface area contributed by atoms with Crippen LogP contribution in [0.2, 0.25) is 0 Å². The van der Waals surface area contributed by atoms with Gasteiger partial charge in [0, 0.05) is 0 Å². The van der Waals surface area contributed by atoms with Crippen LogP contribution in [0.15, 0.2) is 48.5 Å². The Hall–Kier alpha value is -2.44. The molecule has 0 aromatic heterocycles. The van der Waals surface area contributed by atoms with Crippen molar-refractivity contribution in [3.05, 3.63) is 48.5 Å². The Morgan fingerprint density at radius 1 is 0.594 bits per heavy atom. The highest BCUT2D eigenvalue weighted by molar-refractivity contribution is 5.32. The van der Waals surface area contributed by atoms with Crippen LogP contribution in [0.3, 0.4) is 0 Å². The minimum absolute atomic E-state index is 0.127. The Morgan fingerprint density at radius 3 is 1.28 bits per heavy atom. The van der Waals surface area contributed by atoms with Crippen molar-refractivity contribution in [2.24, 2.45) is 0 Å². The molecule has 178 valence electrons. The first-order valence-electron chi connectivity index (χ1n) is 11.5. The Balaban J connectivity index is 1.98. The molecule has 0 amide bonds. The summed E-state index contributed by atoms with van der Waals surface area (Å²) in [4.78, 5) is 0. The van der Waals surface area contributed by atoms with E-state index in [0.717, 1.165) is 24.3 Å². The molecule has 0 bridgehead atoms. The van der Waals surface area contributed by atoms with E-state index in [1.165, 1.54) is 0 Å². The summed E-state index contributed by atoms with van der Waals surface area (Å²) in [7, 11) is 0. The van der Waals surface area contributed by atoms with E-state index in [4.69, 9.17) is 18.9 Å². The second-order valence-corrected chi connectivity index (χ2v) is 8.25. The van der Waals surface area contributed by atoms with E-state index in [1.54, 1.807) is 38.1 Å². The fraction of sp³-hybridized carbons (Fsp3) is 0.538. The van der Waals surface area contributed by atoms with Crippen molar-refractivity contribution in [3.8, 4) is 23.0 Å². The van der Waals surface area contributed by atoms with Gasteiger partial charge in [0.25, 0.3) is 0 Å². The van der Waals surface area contributed by atoms with Crippen LogP contribution in [0.5, 0.6) is 23.0 Å². The molecule has 0 fully saturated rings. The molecular formula is C26H38O6. The maximum absolute atomic E-state index is 10.8. The second-order valence-electron chi connectivity index (χ2n) is 8.25. The van der Waals surface area contributed by atoms with Gasteiger partial charge in [-0.25, -0.2) is 0 Å². The molecule has 0 saturated heterocycles. The van der Waals surface area contributed by atoms with Gasteiger partial charge in [0.15, 0.2) is 6.10 Å². The molecule has 0 saturated carbocycles. The highest BCUT2D eigenvalue weighted by atomic mass is 16.5. The van der Waals surface area contributed by atoms with Gasteiger partial charge in [-0.3, -0.25) is 0 Å². The first-order valence-corrected chi connectivity index (χ1v) is 11.5. The van der Waals surface area contributed by atoms with Crippen molar-refractivity contribution in [2.45, 2.75) is 91.0 Å². The lowest BCUT2D eigenvalue weighted by Crippen LogP contribution is -2.48. The van der Waals surface area contributed by atoms with E-state index in [0.29, 0.717) is 11.5 Å². The predicted octanol–water partition coefficient (Wildman–Crippen LogP) is 5.00. The van der Waals surface area contributed by atoms with Crippen LogP contribution in [-0.4, -0.2) is 46.8 Å². The molecular weight excluding hydrogens is 408 g/mol. The SMILES string of the molecule is CCC(C)Oc1ccc(OC(C)C(O)C(Oc2ccc(OC(C)CC)cc2)C(C)O)cc1. The molecule has 6 heteroatoms. The first kappa shape index (κ1) is 25.8. The van der Waals surface area contributed by atoms with Crippen molar-refractivity contribution in [3.63, 3.8) is 0 Å². The highest BCUT2D eigenvalue weighted by Crippen LogP contribution is 2.24. The molecule has 2 N–H and O–H groups in total. The number of aliphatic hydroxyl groups excluding tert-OH is 2. The van der Waals surface area contributed by atoms with Crippen LogP contribution in [0.1, 0.15) is 54.4 Å². The van der Waals surface area contributed by atoms with Gasteiger partial charge in [0.1, 0.15) is 35.2 Å².